The molecule has 53 heavy (non-hydrogen) atoms. The zero-order chi connectivity index (χ0) is 36.7. The highest BCUT2D eigenvalue weighted by atomic mass is 16.5. The van der Waals surface area contributed by atoms with E-state index in [1.165, 1.54) is 7.11 Å². The number of fused-ring (bicyclic) bond motifs is 2. The SMILES string of the molecule is CNCC(=O)NCCCCc1ncc(-c2ccc3cc(-c4ccc5nc(C6CCCN6C(=O)C(NC(=O)OC)C6C=CCC=C6)[nH]c5c4)ccc3c2)[nH]1. The largest absolute Gasteiger partial charge is 0.453 e. The Morgan fingerprint density at radius 3 is 2.51 bits per heavy atom. The number of likely N-dealkylation sites (tertiary alicyclic amines) is 1. The number of imidazole rings is 2. The van der Waals surface area contributed by atoms with Gasteiger partial charge in [0.1, 0.15) is 17.7 Å². The number of nitrogens with one attached hydrogen (secondary N) is 5. The summed E-state index contributed by atoms with van der Waals surface area (Å²) in [6, 6.07) is 18.2. The Morgan fingerprint density at radius 1 is 0.962 bits per heavy atom. The maximum Gasteiger partial charge on any atom is 0.407 e. The van der Waals surface area contributed by atoms with E-state index >= 15 is 0 Å². The number of alkyl carbamates (subject to hydrolysis) is 1. The Hall–Kier alpha value is -5.75. The number of likely N-dealkylation sites (N-methyl/N-ethyl adjacent to an activating group) is 1. The zero-order valence-electron chi connectivity index (χ0n) is 30.2. The molecule has 2 aliphatic rings. The number of rotatable bonds is 13. The fourth-order valence-electron chi connectivity index (χ4n) is 7.30. The molecule has 1 aliphatic heterocycles. The van der Waals surface area contributed by atoms with Crippen molar-refractivity contribution in [2.75, 3.05) is 33.8 Å². The molecule has 1 saturated heterocycles. The predicted molar refractivity (Wildman–Crippen MR) is 206 cm³/mol. The molecule has 0 bridgehead atoms. The van der Waals surface area contributed by atoms with E-state index in [2.05, 4.69) is 79.4 Å². The van der Waals surface area contributed by atoms with Gasteiger partial charge in [0.15, 0.2) is 0 Å². The fourth-order valence-corrected chi connectivity index (χ4v) is 7.30. The van der Waals surface area contributed by atoms with Crippen molar-refractivity contribution in [3.8, 4) is 22.4 Å². The van der Waals surface area contributed by atoms with E-state index in [-0.39, 0.29) is 23.8 Å². The predicted octanol–water partition coefficient (Wildman–Crippen LogP) is 5.95. The number of H-pyrrole nitrogens is 2. The number of hydrogen-bond donors (Lipinski definition) is 5. The molecule has 274 valence electrons. The maximum atomic E-state index is 14.0. The smallest absolute Gasteiger partial charge is 0.407 e. The van der Waals surface area contributed by atoms with E-state index in [0.717, 1.165) is 94.4 Å². The Labute approximate surface area is 308 Å². The third kappa shape index (κ3) is 8.18. The van der Waals surface area contributed by atoms with Gasteiger partial charge >= 0.3 is 6.09 Å². The van der Waals surface area contributed by atoms with Crippen molar-refractivity contribution >= 4 is 39.7 Å². The number of aromatic amines is 2. The average molecular weight is 715 g/mol. The van der Waals surface area contributed by atoms with Gasteiger partial charge in [-0.2, -0.15) is 0 Å². The van der Waals surface area contributed by atoms with Crippen LogP contribution in [-0.2, 0) is 20.7 Å². The lowest BCUT2D eigenvalue weighted by molar-refractivity contribution is -0.135. The van der Waals surface area contributed by atoms with Crippen LogP contribution in [-0.4, -0.2) is 82.6 Å². The minimum Gasteiger partial charge on any atom is -0.453 e. The highest BCUT2D eigenvalue weighted by Crippen LogP contribution is 2.35. The van der Waals surface area contributed by atoms with Gasteiger partial charge in [-0.25, -0.2) is 14.8 Å². The van der Waals surface area contributed by atoms with Gasteiger partial charge in [0.2, 0.25) is 11.8 Å². The van der Waals surface area contributed by atoms with Gasteiger partial charge in [0, 0.05) is 31.0 Å². The summed E-state index contributed by atoms with van der Waals surface area (Å²) < 4.78 is 4.86. The minimum atomic E-state index is -0.765. The Bertz CT molecular complexity index is 2160. The van der Waals surface area contributed by atoms with Gasteiger partial charge < -0.3 is 35.6 Å². The standard InChI is InChI=1S/C41H46N8O4/c1-42-25-37(50)43-19-7-6-12-36-44-24-34(45-36)31-16-15-27-21-28(13-14-29(27)22-31)30-17-18-32-33(23-30)47-39(46-32)35-11-8-20-49(35)40(51)38(48-41(52)53-2)26-9-4-3-5-10-26/h4-5,9-10,13-18,21-24,26,35,38,42H,3,6-8,11-12,19-20,25H2,1-2H3,(H,43,50)(H,44,45)(H,46,47)(H,48,52). The van der Waals surface area contributed by atoms with Crippen LogP contribution >= 0.6 is 0 Å². The molecule has 2 aromatic heterocycles. The molecule has 7 rings (SSSR count). The van der Waals surface area contributed by atoms with Gasteiger partial charge in [0.25, 0.3) is 0 Å². The number of allylic oxidation sites excluding steroid dienone is 2. The van der Waals surface area contributed by atoms with Crippen LogP contribution in [0.25, 0.3) is 44.2 Å². The summed E-state index contributed by atoms with van der Waals surface area (Å²) in [7, 11) is 3.07. The molecule has 12 heteroatoms. The van der Waals surface area contributed by atoms with Crippen molar-refractivity contribution < 1.29 is 19.1 Å². The third-order valence-corrected chi connectivity index (χ3v) is 10.1. The van der Waals surface area contributed by atoms with Crippen LogP contribution in [0.5, 0.6) is 0 Å². The van der Waals surface area contributed by atoms with Crippen LogP contribution in [0.3, 0.4) is 0 Å². The van der Waals surface area contributed by atoms with Crippen molar-refractivity contribution in [1.82, 2.24) is 40.8 Å². The van der Waals surface area contributed by atoms with Gasteiger partial charge in [-0.3, -0.25) is 9.59 Å². The Kier molecular flexibility index (Phi) is 11.0. The summed E-state index contributed by atoms with van der Waals surface area (Å²) in [5.74, 6) is 1.30. The number of aromatic nitrogens is 4. The molecule has 2 atom stereocenters. The van der Waals surface area contributed by atoms with E-state index in [9.17, 15) is 14.4 Å². The number of methoxy groups -OCH3 is 1. The van der Waals surface area contributed by atoms with Crippen molar-refractivity contribution in [3.63, 3.8) is 0 Å². The number of benzene rings is 3. The Balaban J connectivity index is 1.03. The molecule has 12 nitrogen and oxygen atoms in total. The fraction of sp³-hybridized carbons (Fsp3) is 0.341. The molecule has 3 heterocycles. The van der Waals surface area contributed by atoms with Crippen LogP contribution < -0.4 is 16.0 Å². The molecule has 0 spiro atoms. The molecule has 2 unspecified atom stereocenters. The molecule has 1 fully saturated rings. The second-order valence-electron chi connectivity index (χ2n) is 13.7. The second kappa shape index (κ2) is 16.3. The summed E-state index contributed by atoms with van der Waals surface area (Å²) in [6.07, 6.45) is 14.3. The molecule has 3 amide bonds. The maximum absolute atomic E-state index is 14.0. The molecular formula is C41H46N8O4. The second-order valence-corrected chi connectivity index (χ2v) is 13.7. The summed E-state index contributed by atoms with van der Waals surface area (Å²) >= 11 is 0. The molecule has 0 radical (unpaired) electrons. The number of amides is 3. The molecule has 1 aliphatic carbocycles. The molecule has 3 aromatic carbocycles. The lowest BCUT2D eigenvalue weighted by Gasteiger charge is -2.31. The molecule has 5 N–H and O–H groups in total. The lowest BCUT2D eigenvalue weighted by Crippen LogP contribution is -2.51. The van der Waals surface area contributed by atoms with Crippen molar-refractivity contribution in [2.45, 2.75) is 50.6 Å². The number of aryl methyl sites for hydroxylation is 1. The van der Waals surface area contributed by atoms with E-state index in [0.29, 0.717) is 19.6 Å². The van der Waals surface area contributed by atoms with Gasteiger partial charge in [-0.15, -0.1) is 0 Å². The summed E-state index contributed by atoms with van der Waals surface area (Å²) in [4.78, 5) is 56.1. The van der Waals surface area contributed by atoms with Crippen molar-refractivity contribution in [1.29, 1.82) is 0 Å². The van der Waals surface area contributed by atoms with E-state index in [4.69, 9.17) is 9.72 Å². The number of carbonyl (C=O) groups excluding carboxylic acids is 3. The van der Waals surface area contributed by atoms with E-state index < -0.39 is 12.1 Å². The molecule has 0 saturated carbocycles. The monoisotopic (exact) mass is 714 g/mol. The van der Waals surface area contributed by atoms with Gasteiger partial charge in [0.05, 0.1) is 42.6 Å². The zero-order valence-corrected chi connectivity index (χ0v) is 30.2. The molecular weight excluding hydrogens is 669 g/mol. The minimum absolute atomic E-state index is 0.0129. The van der Waals surface area contributed by atoms with Crippen molar-refractivity contribution in [3.05, 3.63) is 96.7 Å². The first-order valence-electron chi connectivity index (χ1n) is 18.4. The summed E-state index contributed by atoms with van der Waals surface area (Å²) in [5, 5.41) is 10.8. The van der Waals surface area contributed by atoms with Crippen LogP contribution in [0.1, 0.15) is 49.8 Å². The van der Waals surface area contributed by atoms with Crippen LogP contribution in [0.2, 0.25) is 0 Å². The van der Waals surface area contributed by atoms with Crippen LogP contribution in [0.4, 0.5) is 4.79 Å². The Morgan fingerprint density at radius 2 is 1.72 bits per heavy atom. The highest BCUT2D eigenvalue weighted by molar-refractivity contribution is 5.92. The topological polar surface area (TPSA) is 157 Å². The third-order valence-electron chi connectivity index (χ3n) is 10.1. The highest BCUT2D eigenvalue weighted by Gasteiger charge is 2.38. The lowest BCUT2D eigenvalue weighted by atomic mass is 9.93. The number of carbonyl (C=O) groups is 3. The first kappa shape index (κ1) is 35.6. The van der Waals surface area contributed by atoms with E-state index in [1.807, 2.05) is 41.5 Å². The first-order valence-corrected chi connectivity index (χ1v) is 18.4. The normalized spacial score (nSPS) is 16.3. The van der Waals surface area contributed by atoms with Crippen LogP contribution in [0, 0.1) is 5.92 Å². The number of nitrogens with zero attached hydrogens (tertiary/aromatic N) is 3. The summed E-state index contributed by atoms with van der Waals surface area (Å²) in [6.45, 7) is 1.58. The van der Waals surface area contributed by atoms with Crippen molar-refractivity contribution in [2.24, 2.45) is 5.92 Å². The summed E-state index contributed by atoms with van der Waals surface area (Å²) in [5.41, 5.74) is 5.96. The van der Waals surface area contributed by atoms with E-state index in [1.54, 1.807) is 7.05 Å². The van der Waals surface area contributed by atoms with Gasteiger partial charge in [-0.1, -0.05) is 54.6 Å². The first-order chi connectivity index (χ1) is 25.9. The number of unbranched alkanes of at least 4 members (excludes halogenated alkanes) is 1. The average Bonchev–Trinajstić information content (AvgIpc) is 3.96. The number of ether oxygens (including phenoxy) is 1. The quantitative estimate of drug-likeness (QED) is 0.0745. The molecule has 5 aromatic rings. The van der Waals surface area contributed by atoms with Gasteiger partial charge in [-0.05, 0) is 85.3 Å². The van der Waals surface area contributed by atoms with Crippen LogP contribution in [0.15, 0.2) is 85.1 Å². The number of hydrogen-bond acceptors (Lipinski definition) is 7.